The normalized spacial score (nSPS) is 10.5. The predicted molar refractivity (Wildman–Crippen MR) is 62.7 cm³/mol. The van der Waals surface area contributed by atoms with Gasteiger partial charge in [-0.15, -0.1) is 0 Å². The second-order valence-corrected chi connectivity index (χ2v) is 3.19. The van der Waals surface area contributed by atoms with E-state index in [9.17, 15) is 0 Å². The number of ether oxygens (including phenoxy) is 4. The summed E-state index contributed by atoms with van der Waals surface area (Å²) in [5, 5.41) is 0. The Morgan fingerprint density at radius 2 is 1.29 bits per heavy atom. The Kier molecular flexibility index (Phi) is 7.25. The van der Waals surface area contributed by atoms with Crippen LogP contribution < -0.4 is 9.47 Å². The minimum atomic E-state index is 0.481. The lowest BCUT2D eigenvalue weighted by atomic mass is 10.5. The molecule has 0 N–H and O–H groups in total. The molecule has 5 heteroatoms. The van der Waals surface area contributed by atoms with Crippen LogP contribution in [0.3, 0.4) is 0 Å². The molecule has 98 valence electrons. The molecule has 0 bridgehead atoms. The zero-order valence-electron chi connectivity index (χ0n) is 10.4. The minimum absolute atomic E-state index is 0.481. The van der Waals surface area contributed by atoms with Gasteiger partial charge in [0.2, 0.25) is 0 Å². The van der Waals surface area contributed by atoms with E-state index in [1.165, 1.54) is 12.5 Å². The Morgan fingerprint density at radius 3 is 1.71 bits per heavy atom. The van der Waals surface area contributed by atoms with Gasteiger partial charge in [-0.3, -0.25) is 0 Å². The zero-order chi connectivity index (χ0) is 12.3. The minimum Gasteiger partial charge on any atom is -0.484 e. The Morgan fingerprint density at radius 1 is 0.824 bits per heavy atom. The lowest BCUT2D eigenvalue weighted by Crippen LogP contribution is -2.08. The van der Waals surface area contributed by atoms with E-state index in [0.29, 0.717) is 51.1 Å². The van der Waals surface area contributed by atoms with Crippen LogP contribution in [0.25, 0.3) is 0 Å². The van der Waals surface area contributed by atoms with Gasteiger partial charge < -0.3 is 23.4 Å². The van der Waals surface area contributed by atoms with Crippen LogP contribution in [0.15, 0.2) is 16.9 Å². The molecule has 0 aromatic carbocycles. The van der Waals surface area contributed by atoms with Crippen molar-refractivity contribution in [3.8, 4) is 11.5 Å². The van der Waals surface area contributed by atoms with Gasteiger partial charge in [-0.05, 0) is 13.8 Å². The van der Waals surface area contributed by atoms with Crippen LogP contribution in [0.2, 0.25) is 0 Å². The average Bonchev–Trinajstić information content (AvgIpc) is 2.78. The van der Waals surface area contributed by atoms with Crippen molar-refractivity contribution in [2.24, 2.45) is 0 Å². The fourth-order valence-electron chi connectivity index (χ4n) is 1.19. The smallest absolute Gasteiger partial charge is 0.199 e. The largest absolute Gasteiger partial charge is 0.484 e. The fraction of sp³-hybridized carbons (Fsp3) is 0.667. The molecule has 17 heavy (non-hydrogen) atoms. The molecular formula is C12H20O5. The van der Waals surface area contributed by atoms with Crippen molar-refractivity contribution < 1.29 is 23.4 Å². The first-order valence-electron chi connectivity index (χ1n) is 5.85. The van der Waals surface area contributed by atoms with Gasteiger partial charge >= 0.3 is 0 Å². The molecule has 1 aromatic heterocycles. The molecular weight excluding hydrogens is 224 g/mol. The molecule has 1 rings (SSSR count). The summed E-state index contributed by atoms with van der Waals surface area (Å²) in [6.45, 7) is 7.34. The van der Waals surface area contributed by atoms with Crippen LogP contribution in [0.1, 0.15) is 13.8 Å². The Balaban J connectivity index is 2.22. The van der Waals surface area contributed by atoms with E-state index >= 15 is 0 Å². The molecule has 0 aliphatic heterocycles. The molecule has 5 nitrogen and oxygen atoms in total. The van der Waals surface area contributed by atoms with Gasteiger partial charge in [-0.1, -0.05) is 0 Å². The maximum atomic E-state index is 5.45. The standard InChI is InChI=1S/C12H20O5/c1-3-13-5-7-16-11-9-15-10-12(11)17-8-6-14-4-2/h9-10H,3-8H2,1-2H3. The molecule has 0 amide bonds. The molecule has 0 atom stereocenters. The van der Waals surface area contributed by atoms with Gasteiger partial charge in [-0.25, -0.2) is 0 Å². The van der Waals surface area contributed by atoms with Crippen LogP contribution in [0, 0.1) is 0 Å². The molecule has 0 saturated carbocycles. The van der Waals surface area contributed by atoms with E-state index in [4.69, 9.17) is 23.4 Å². The van der Waals surface area contributed by atoms with Gasteiger partial charge in [0.1, 0.15) is 25.7 Å². The van der Waals surface area contributed by atoms with Gasteiger partial charge in [0.15, 0.2) is 11.5 Å². The average molecular weight is 244 g/mol. The first-order valence-corrected chi connectivity index (χ1v) is 5.85. The zero-order valence-corrected chi connectivity index (χ0v) is 10.4. The third-order valence-corrected chi connectivity index (χ3v) is 1.97. The summed E-state index contributed by atoms with van der Waals surface area (Å²) in [6, 6.07) is 0. The third-order valence-electron chi connectivity index (χ3n) is 1.97. The van der Waals surface area contributed by atoms with Crippen molar-refractivity contribution in [1.29, 1.82) is 0 Å². The quantitative estimate of drug-likeness (QED) is 0.590. The van der Waals surface area contributed by atoms with Crippen LogP contribution in [-0.4, -0.2) is 39.6 Å². The lowest BCUT2D eigenvalue weighted by Gasteiger charge is -2.07. The summed E-state index contributed by atoms with van der Waals surface area (Å²) < 4.78 is 26.3. The summed E-state index contributed by atoms with van der Waals surface area (Å²) >= 11 is 0. The van der Waals surface area contributed by atoms with Gasteiger partial charge in [0, 0.05) is 13.2 Å². The van der Waals surface area contributed by atoms with Crippen LogP contribution in [0.5, 0.6) is 11.5 Å². The van der Waals surface area contributed by atoms with E-state index in [-0.39, 0.29) is 0 Å². The molecule has 1 aromatic rings. The maximum Gasteiger partial charge on any atom is 0.199 e. The molecule has 0 fully saturated rings. The Bertz CT molecular complexity index is 258. The summed E-state index contributed by atoms with van der Waals surface area (Å²) in [4.78, 5) is 0. The highest BCUT2D eigenvalue weighted by Gasteiger charge is 2.07. The molecule has 0 spiro atoms. The molecule has 0 saturated heterocycles. The number of furan rings is 1. The summed E-state index contributed by atoms with van der Waals surface area (Å²) in [5.74, 6) is 1.20. The first-order chi connectivity index (χ1) is 8.38. The number of hydrogen-bond donors (Lipinski definition) is 0. The van der Waals surface area contributed by atoms with E-state index in [0.717, 1.165) is 0 Å². The molecule has 0 unspecified atom stereocenters. The second kappa shape index (κ2) is 8.90. The van der Waals surface area contributed by atoms with Crippen molar-refractivity contribution in [2.75, 3.05) is 39.6 Å². The van der Waals surface area contributed by atoms with E-state index in [2.05, 4.69) is 0 Å². The van der Waals surface area contributed by atoms with Crippen molar-refractivity contribution in [1.82, 2.24) is 0 Å². The SMILES string of the molecule is CCOCCOc1cocc1OCCOCC. The molecule has 0 aliphatic carbocycles. The highest BCUT2D eigenvalue weighted by Crippen LogP contribution is 2.28. The summed E-state index contributed by atoms with van der Waals surface area (Å²) in [6.07, 6.45) is 3.03. The van der Waals surface area contributed by atoms with Gasteiger partial charge in [-0.2, -0.15) is 0 Å². The lowest BCUT2D eigenvalue weighted by molar-refractivity contribution is 0.100. The maximum absolute atomic E-state index is 5.45. The van der Waals surface area contributed by atoms with Crippen LogP contribution in [-0.2, 0) is 9.47 Å². The highest BCUT2D eigenvalue weighted by molar-refractivity contribution is 5.34. The van der Waals surface area contributed by atoms with Gasteiger partial charge in [0.25, 0.3) is 0 Å². The van der Waals surface area contributed by atoms with Crippen LogP contribution in [0.4, 0.5) is 0 Å². The number of hydrogen-bond acceptors (Lipinski definition) is 5. The third kappa shape index (κ3) is 5.60. The monoisotopic (exact) mass is 244 g/mol. The second-order valence-electron chi connectivity index (χ2n) is 3.19. The first kappa shape index (κ1) is 13.9. The molecule has 0 aliphatic rings. The topological polar surface area (TPSA) is 50.1 Å². The van der Waals surface area contributed by atoms with Crippen molar-refractivity contribution in [3.63, 3.8) is 0 Å². The van der Waals surface area contributed by atoms with Crippen molar-refractivity contribution >= 4 is 0 Å². The van der Waals surface area contributed by atoms with Gasteiger partial charge in [0.05, 0.1) is 13.2 Å². The van der Waals surface area contributed by atoms with Crippen molar-refractivity contribution in [2.45, 2.75) is 13.8 Å². The Labute approximate surface area is 102 Å². The summed E-state index contributed by atoms with van der Waals surface area (Å²) in [7, 11) is 0. The van der Waals surface area contributed by atoms with Crippen LogP contribution >= 0.6 is 0 Å². The van der Waals surface area contributed by atoms with E-state index in [1.54, 1.807) is 0 Å². The summed E-state index contributed by atoms with van der Waals surface area (Å²) in [5.41, 5.74) is 0. The molecule has 0 radical (unpaired) electrons. The van der Waals surface area contributed by atoms with E-state index < -0.39 is 0 Å². The highest BCUT2D eigenvalue weighted by atomic mass is 16.6. The fourth-order valence-corrected chi connectivity index (χ4v) is 1.19. The number of rotatable bonds is 10. The van der Waals surface area contributed by atoms with Crippen molar-refractivity contribution in [3.05, 3.63) is 12.5 Å². The predicted octanol–water partition coefficient (Wildman–Crippen LogP) is 2.11. The Hall–Kier alpha value is -1.20. The van der Waals surface area contributed by atoms with E-state index in [1.807, 2.05) is 13.8 Å². The molecule has 1 heterocycles.